The predicted octanol–water partition coefficient (Wildman–Crippen LogP) is 28.2. The van der Waals surface area contributed by atoms with Crippen LogP contribution >= 0.6 is 15.6 Å². The lowest BCUT2D eigenvalue weighted by molar-refractivity contribution is -0.161. The molecule has 2 unspecified atom stereocenters. The van der Waals surface area contributed by atoms with Crippen molar-refractivity contribution in [3.8, 4) is 0 Å². The number of phosphoric ester groups is 2. The van der Waals surface area contributed by atoms with Crippen LogP contribution in [0.15, 0.2) is 0 Å². The predicted molar refractivity (Wildman–Crippen MR) is 455 cm³/mol. The Hall–Kier alpha value is -1.94. The number of hydrogen-bond donors (Lipinski definition) is 3. The minimum Gasteiger partial charge on any atom is -0.462 e. The molecule has 0 aliphatic carbocycles. The third-order valence-electron chi connectivity index (χ3n) is 21.5. The molecule has 0 bridgehead atoms. The topological polar surface area (TPSA) is 237 Å². The Morgan fingerprint density at radius 3 is 0.618 bits per heavy atom. The number of ether oxygens (including phenoxy) is 4. The first kappa shape index (κ1) is 108. The molecular formula is C91H178O17P2. The molecule has 17 nitrogen and oxygen atoms in total. The van der Waals surface area contributed by atoms with Gasteiger partial charge in [0, 0.05) is 25.7 Å². The van der Waals surface area contributed by atoms with E-state index in [4.69, 9.17) is 37.0 Å². The van der Waals surface area contributed by atoms with E-state index in [1.54, 1.807) is 0 Å². The van der Waals surface area contributed by atoms with Gasteiger partial charge in [0.2, 0.25) is 0 Å². The Morgan fingerprint density at radius 2 is 0.418 bits per heavy atom. The van der Waals surface area contributed by atoms with Gasteiger partial charge >= 0.3 is 39.5 Å². The summed E-state index contributed by atoms with van der Waals surface area (Å²) in [6.07, 6.45) is 76.6. The maximum Gasteiger partial charge on any atom is 0.472 e. The molecule has 5 atom stereocenters. The fourth-order valence-electron chi connectivity index (χ4n) is 14.3. The van der Waals surface area contributed by atoms with Crippen molar-refractivity contribution in [3.05, 3.63) is 0 Å². The average molecular weight is 1610 g/mol. The normalized spacial score (nSPS) is 13.7. The Morgan fingerprint density at radius 1 is 0.245 bits per heavy atom. The van der Waals surface area contributed by atoms with Gasteiger partial charge in [-0.05, 0) is 37.5 Å². The minimum atomic E-state index is -4.97. The van der Waals surface area contributed by atoms with Gasteiger partial charge < -0.3 is 33.8 Å². The van der Waals surface area contributed by atoms with Crippen molar-refractivity contribution in [2.45, 2.75) is 509 Å². The molecule has 19 heteroatoms. The van der Waals surface area contributed by atoms with Gasteiger partial charge in [-0.3, -0.25) is 37.3 Å². The molecule has 0 rings (SSSR count). The lowest BCUT2D eigenvalue weighted by Gasteiger charge is -2.21. The van der Waals surface area contributed by atoms with Crippen LogP contribution in [0.3, 0.4) is 0 Å². The standard InChI is InChI=1S/C91H178O17P2/c1-7-9-11-13-15-17-19-21-23-25-27-32-36-40-44-48-55-61-67-73-88(93)101-79-86(107-90(95)75-69-64-58-50-46-42-38-34-30-29-31-35-39-43-47-53-59-65-71-83(3)4)81-105-109(97,98)103-77-85(92)78-104-110(99,100)106-82-87(80-102-89(94)74-68-62-56-52-51-54-60-66-72-84(5)6)108-91(96)76-70-63-57-49-45-41-37-33-28-26-24-22-20-18-16-14-12-10-8-2/h83-87,92H,7-82H2,1-6H3,(H,97,98)(H,99,100)/t85-,86-,87-/m1/s1. The number of carbonyl (C=O) groups is 4. The van der Waals surface area contributed by atoms with E-state index >= 15 is 0 Å². The molecule has 0 amide bonds. The van der Waals surface area contributed by atoms with E-state index in [-0.39, 0.29) is 25.7 Å². The highest BCUT2D eigenvalue weighted by Crippen LogP contribution is 2.45. The second-order valence-corrected chi connectivity index (χ2v) is 36.6. The van der Waals surface area contributed by atoms with Crippen molar-refractivity contribution in [2.75, 3.05) is 39.6 Å². The number of carbonyl (C=O) groups excluding carboxylic acids is 4. The third-order valence-corrected chi connectivity index (χ3v) is 23.4. The summed E-state index contributed by atoms with van der Waals surface area (Å²) in [5.74, 6) is -0.550. The molecule has 110 heavy (non-hydrogen) atoms. The number of esters is 4. The van der Waals surface area contributed by atoms with Crippen molar-refractivity contribution in [2.24, 2.45) is 11.8 Å². The van der Waals surface area contributed by atoms with E-state index in [2.05, 4.69) is 41.5 Å². The molecule has 0 saturated heterocycles. The van der Waals surface area contributed by atoms with Crippen molar-refractivity contribution >= 4 is 39.5 Å². The van der Waals surface area contributed by atoms with Gasteiger partial charge in [0.15, 0.2) is 12.2 Å². The summed E-state index contributed by atoms with van der Waals surface area (Å²) in [6.45, 7) is 9.71. The molecule has 0 radical (unpaired) electrons. The van der Waals surface area contributed by atoms with Crippen molar-refractivity contribution < 1.29 is 80.2 Å². The zero-order chi connectivity index (χ0) is 80.6. The van der Waals surface area contributed by atoms with E-state index in [0.717, 1.165) is 102 Å². The number of phosphoric acid groups is 2. The average Bonchev–Trinajstić information content (AvgIpc) is 0.898. The van der Waals surface area contributed by atoms with Gasteiger partial charge in [-0.2, -0.15) is 0 Å². The highest BCUT2D eigenvalue weighted by molar-refractivity contribution is 7.47. The van der Waals surface area contributed by atoms with Crippen LogP contribution in [0, 0.1) is 11.8 Å². The molecule has 0 aliphatic rings. The fraction of sp³-hybridized carbons (Fsp3) is 0.956. The van der Waals surface area contributed by atoms with Gasteiger partial charge in [-0.25, -0.2) is 9.13 Å². The van der Waals surface area contributed by atoms with Crippen molar-refractivity contribution in [1.29, 1.82) is 0 Å². The Bertz CT molecular complexity index is 2100. The quantitative estimate of drug-likeness (QED) is 0.0222. The van der Waals surface area contributed by atoms with Crippen LogP contribution in [0.5, 0.6) is 0 Å². The van der Waals surface area contributed by atoms with Crippen LogP contribution < -0.4 is 0 Å². The number of rotatable bonds is 90. The SMILES string of the molecule is CCCCCCCCCCCCCCCCCCCCCC(=O)OC[C@H](COP(=O)(O)OC[C@@H](O)COP(=O)(O)OC[C@@H](COC(=O)CCCCCCCCCCC(C)C)OC(=O)CCCCCCCCCCCCCCCCCCCCC)OC(=O)CCCCCCCCCCCCCCCCCCCCC(C)C. The van der Waals surface area contributed by atoms with Gasteiger partial charge in [-0.1, -0.05) is 440 Å². The zero-order valence-electron chi connectivity index (χ0n) is 72.6. The van der Waals surface area contributed by atoms with Crippen LogP contribution in [0.1, 0.15) is 491 Å². The van der Waals surface area contributed by atoms with Gasteiger partial charge in [0.1, 0.15) is 19.3 Å². The highest BCUT2D eigenvalue weighted by atomic mass is 31.2. The third kappa shape index (κ3) is 84.0. The van der Waals surface area contributed by atoms with Crippen molar-refractivity contribution in [1.82, 2.24) is 0 Å². The number of aliphatic hydroxyl groups excluding tert-OH is 1. The Kier molecular flexibility index (Phi) is 80.7. The van der Waals surface area contributed by atoms with Gasteiger partial charge in [-0.15, -0.1) is 0 Å². The second kappa shape index (κ2) is 82.2. The molecule has 0 fully saturated rings. The molecule has 0 spiro atoms. The fourth-order valence-corrected chi connectivity index (χ4v) is 15.9. The second-order valence-electron chi connectivity index (χ2n) is 33.6. The number of aliphatic hydroxyl groups is 1. The summed E-state index contributed by atoms with van der Waals surface area (Å²) in [5, 5.41) is 10.7. The number of hydrogen-bond acceptors (Lipinski definition) is 15. The Labute approximate surface area is 677 Å². The molecule has 0 heterocycles. The molecule has 0 aromatic carbocycles. The van der Waals surface area contributed by atoms with E-state index in [0.29, 0.717) is 25.7 Å². The molecule has 0 saturated carbocycles. The molecule has 0 aliphatic heterocycles. The lowest BCUT2D eigenvalue weighted by atomic mass is 10.0. The summed E-state index contributed by atoms with van der Waals surface area (Å²) < 4.78 is 69.1. The van der Waals surface area contributed by atoms with Gasteiger partial charge in [0.05, 0.1) is 26.4 Å². The van der Waals surface area contributed by atoms with E-state index in [9.17, 15) is 43.2 Å². The molecule has 0 aromatic heterocycles. The zero-order valence-corrected chi connectivity index (χ0v) is 74.4. The summed E-state index contributed by atoms with van der Waals surface area (Å²) >= 11 is 0. The van der Waals surface area contributed by atoms with Gasteiger partial charge in [0.25, 0.3) is 0 Å². The Balaban J connectivity index is 5.23. The summed E-state index contributed by atoms with van der Waals surface area (Å²) in [7, 11) is -9.94. The number of unbranched alkanes of at least 4 members (excludes halogenated alkanes) is 60. The van der Waals surface area contributed by atoms with Crippen LogP contribution in [0.2, 0.25) is 0 Å². The summed E-state index contributed by atoms with van der Waals surface area (Å²) in [5.41, 5.74) is 0. The summed E-state index contributed by atoms with van der Waals surface area (Å²) in [4.78, 5) is 73.4. The molecule has 3 N–H and O–H groups in total. The smallest absolute Gasteiger partial charge is 0.462 e. The molecule has 654 valence electrons. The first-order valence-corrected chi connectivity index (χ1v) is 50.0. The van der Waals surface area contributed by atoms with Crippen molar-refractivity contribution in [3.63, 3.8) is 0 Å². The first-order valence-electron chi connectivity index (χ1n) is 47.0. The van der Waals surface area contributed by atoms with E-state index in [1.807, 2.05) is 0 Å². The maximum atomic E-state index is 13.2. The lowest BCUT2D eigenvalue weighted by Crippen LogP contribution is -2.30. The largest absolute Gasteiger partial charge is 0.472 e. The maximum absolute atomic E-state index is 13.2. The summed E-state index contributed by atoms with van der Waals surface area (Å²) in [6, 6.07) is 0. The van der Waals surface area contributed by atoms with Crippen LogP contribution in [-0.4, -0.2) is 96.7 Å². The van der Waals surface area contributed by atoms with Crippen LogP contribution in [0.25, 0.3) is 0 Å². The minimum absolute atomic E-state index is 0.108. The van der Waals surface area contributed by atoms with E-state index < -0.39 is 97.5 Å². The van der Waals surface area contributed by atoms with E-state index in [1.165, 1.54) is 308 Å². The van der Waals surface area contributed by atoms with Crippen LogP contribution in [0.4, 0.5) is 0 Å². The first-order chi connectivity index (χ1) is 53.4. The monoisotopic (exact) mass is 1610 g/mol. The highest BCUT2D eigenvalue weighted by Gasteiger charge is 2.31. The molecule has 0 aromatic rings. The van der Waals surface area contributed by atoms with Crippen LogP contribution in [-0.2, 0) is 65.4 Å². The molecular weight excluding hydrogens is 1430 g/mol.